The van der Waals surface area contributed by atoms with E-state index in [1.807, 2.05) is 12.1 Å². The molecule has 0 aliphatic heterocycles. The number of nitriles is 1. The number of nitro groups is 1. The van der Waals surface area contributed by atoms with Gasteiger partial charge in [0.05, 0.1) is 35.0 Å². The number of nitrogens with zero attached hydrogens (tertiary/aromatic N) is 5. The van der Waals surface area contributed by atoms with E-state index in [1.165, 1.54) is 12.1 Å². The number of hydrogen-bond donors (Lipinski definition) is 0. The fourth-order valence-electron chi connectivity index (χ4n) is 2.26. The van der Waals surface area contributed by atoms with Crippen molar-refractivity contribution in [3.63, 3.8) is 0 Å². The minimum absolute atomic E-state index is 0.0366. The van der Waals surface area contributed by atoms with Gasteiger partial charge in [-0.15, -0.1) is 5.10 Å². The van der Waals surface area contributed by atoms with E-state index in [0.29, 0.717) is 12.1 Å². The SMILES string of the molecule is N#Cc1cccc(Cn2nncc2-c2ccc([N+](=O)[O-])cc2)c1. The van der Waals surface area contributed by atoms with Gasteiger partial charge >= 0.3 is 0 Å². The molecule has 0 aliphatic carbocycles. The zero-order chi connectivity index (χ0) is 16.2. The predicted molar refractivity (Wildman–Crippen MR) is 82.4 cm³/mol. The van der Waals surface area contributed by atoms with Crippen LogP contribution in [-0.4, -0.2) is 19.9 Å². The Morgan fingerprint density at radius 3 is 2.70 bits per heavy atom. The van der Waals surface area contributed by atoms with Crippen LogP contribution in [0.2, 0.25) is 0 Å². The molecule has 0 N–H and O–H groups in total. The van der Waals surface area contributed by atoms with Crippen molar-refractivity contribution in [2.75, 3.05) is 0 Å². The van der Waals surface area contributed by atoms with Gasteiger partial charge < -0.3 is 0 Å². The molecule has 2 aromatic carbocycles. The van der Waals surface area contributed by atoms with Crippen LogP contribution in [0.1, 0.15) is 11.1 Å². The summed E-state index contributed by atoms with van der Waals surface area (Å²) in [6.45, 7) is 0.460. The molecule has 0 radical (unpaired) electrons. The minimum atomic E-state index is -0.438. The molecule has 0 spiro atoms. The number of aromatic nitrogens is 3. The average Bonchev–Trinajstić information content (AvgIpc) is 3.03. The monoisotopic (exact) mass is 305 g/mol. The third-order valence-corrected chi connectivity index (χ3v) is 3.38. The van der Waals surface area contributed by atoms with E-state index in [2.05, 4.69) is 16.4 Å². The van der Waals surface area contributed by atoms with Gasteiger partial charge in [-0.2, -0.15) is 5.26 Å². The first kappa shape index (κ1) is 14.4. The van der Waals surface area contributed by atoms with Crippen LogP contribution in [0, 0.1) is 21.4 Å². The smallest absolute Gasteiger partial charge is 0.258 e. The number of benzene rings is 2. The molecular formula is C16H11N5O2. The molecule has 0 atom stereocenters. The van der Waals surface area contributed by atoms with E-state index in [-0.39, 0.29) is 5.69 Å². The highest BCUT2D eigenvalue weighted by Gasteiger charge is 2.10. The first-order valence-corrected chi connectivity index (χ1v) is 6.80. The van der Waals surface area contributed by atoms with Crippen molar-refractivity contribution >= 4 is 5.69 Å². The third kappa shape index (κ3) is 3.06. The molecule has 23 heavy (non-hydrogen) atoms. The molecule has 0 aliphatic rings. The van der Waals surface area contributed by atoms with Crippen LogP contribution in [-0.2, 0) is 6.54 Å². The molecule has 7 nitrogen and oxygen atoms in total. The van der Waals surface area contributed by atoms with Crippen LogP contribution in [0.3, 0.4) is 0 Å². The molecule has 112 valence electrons. The third-order valence-electron chi connectivity index (χ3n) is 3.38. The Morgan fingerprint density at radius 2 is 2.00 bits per heavy atom. The van der Waals surface area contributed by atoms with E-state index in [9.17, 15) is 10.1 Å². The molecule has 0 fully saturated rings. The zero-order valence-electron chi connectivity index (χ0n) is 12.0. The highest BCUT2D eigenvalue weighted by atomic mass is 16.6. The van der Waals surface area contributed by atoms with E-state index >= 15 is 0 Å². The second-order valence-corrected chi connectivity index (χ2v) is 4.89. The van der Waals surface area contributed by atoms with Gasteiger partial charge in [0, 0.05) is 17.7 Å². The molecule has 0 saturated heterocycles. The first-order valence-electron chi connectivity index (χ1n) is 6.80. The van der Waals surface area contributed by atoms with Crippen LogP contribution in [0.5, 0.6) is 0 Å². The lowest BCUT2D eigenvalue weighted by molar-refractivity contribution is -0.384. The molecule has 0 saturated carbocycles. The van der Waals surface area contributed by atoms with Crippen molar-refractivity contribution < 1.29 is 4.92 Å². The van der Waals surface area contributed by atoms with E-state index in [1.54, 1.807) is 35.1 Å². The molecule has 0 bridgehead atoms. The number of hydrogen-bond acceptors (Lipinski definition) is 5. The Hall–Kier alpha value is -3.53. The van der Waals surface area contributed by atoms with Gasteiger partial charge in [-0.25, -0.2) is 4.68 Å². The van der Waals surface area contributed by atoms with Crippen LogP contribution >= 0.6 is 0 Å². The van der Waals surface area contributed by atoms with E-state index < -0.39 is 4.92 Å². The van der Waals surface area contributed by atoms with E-state index in [0.717, 1.165) is 16.8 Å². The Kier molecular flexibility index (Phi) is 3.80. The Bertz CT molecular complexity index is 893. The summed E-state index contributed by atoms with van der Waals surface area (Å²) in [5.74, 6) is 0. The molecule has 3 rings (SSSR count). The van der Waals surface area contributed by atoms with Crippen molar-refractivity contribution in [3.05, 3.63) is 76.0 Å². The molecule has 1 aromatic heterocycles. The molecule has 1 heterocycles. The largest absolute Gasteiger partial charge is 0.269 e. The summed E-state index contributed by atoms with van der Waals surface area (Å²) >= 11 is 0. The summed E-state index contributed by atoms with van der Waals surface area (Å²) in [4.78, 5) is 10.3. The fourth-order valence-corrected chi connectivity index (χ4v) is 2.26. The summed E-state index contributed by atoms with van der Waals surface area (Å²) in [5.41, 5.74) is 3.09. The van der Waals surface area contributed by atoms with Crippen molar-refractivity contribution in [2.45, 2.75) is 6.54 Å². The maximum Gasteiger partial charge on any atom is 0.269 e. The lowest BCUT2D eigenvalue weighted by Gasteiger charge is -2.06. The fraction of sp³-hybridized carbons (Fsp3) is 0.0625. The van der Waals surface area contributed by atoms with Crippen LogP contribution < -0.4 is 0 Å². The topological polar surface area (TPSA) is 97.6 Å². The molecule has 3 aromatic rings. The van der Waals surface area contributed by atoms with Gasteiger partial charge in [0.2, 0.25) is 0 Å². The van der Waals surface area contributed by atoms with Crippen molar-refractivity contribution in [1.29, 1.82) is 5.26 Å². The maximum atomic E-state index is 10.7. The number of nitro benzene ring substituents is 1. The summed E-state index contributed by atoms with van der Waals surface area (Å²) in [7, 11) is 0. The van der Waals surface area contributed by atoms with E-state index in [4.69, 9.17) is 5.26 Å². The highest BCUT2D eigenvalue weighted by molar-refractivity contribution is 5.60. The predicted octanol–water partition coefficient (Wildman–Crippen LogP) is 2.77. The van der Waals surface area contributed by atoms with Gasteiger partial charge in [-0.3, -0.25) is 10.1 Å². The van der Waals surface area contributed by atoms with Gasteiger partial charge in [-0.1, -0.05) is 17.3 Å². The van der Waals surface area contributed by atoms with Crippen LogP contribution in [0.25, 0.3) is 11.3 Å². The minimum Gasteiger partial charge on any atom is -0.258 e. The standard InChI is InChI=1S/C16H11N5O2/c17-9-12-2-1-3-13(8-12)11-20-16(10-18-19-20)14-4-6-15(7-5-14)21(22)23/h1-8,10H,11H2. The van der Waals surface area contributed by atoms with Crippen LogP contribution in [0.15, 0.2) is 54.7 Å². The molecule has 7 heteroatoms. The van der Waals surface area contributed by atoms with Crippen LogP contribution in [0.4, 0.5) is 5.69 Å². The Labute approximate surface area is 131 Å². The Morgan fingerprint density at radius 1 is 1.22 bits per heavy atom. The summed E-state index contributed by atoms with van der Waals surface area (Å²) in [5, 5.41) is 27.6. The number of rotatable bonds is 4. The van der Waals surface area contributed by atoms with Crippen molar-refractivity contribution in [2.24, 2.45) is 0 Å². The lowest BCUT2D eigenvalue weighted by atomic mass is 10.1. The van der Waals surface area contributed by atoms with Gasteiger partial charge in [0.15, 0.2) is 0 Å². The molecular weight excluding hydrogens is 294 g/mol. The summed E-state index contributed by atoms with van der Waals surface area (Å²) in [6, 6.07) is 15.6. The molecule has 0 unspecified atom stereocenters. The second-order valence-electron chi connectivity index (χ2n) is 4.89. The van der Waals surface area contributed by atoms with Gasteiger partial charge in [0.25, 0.3) is 5.69 Å². The highest BCUT2D eigenvalue weighted by Crippen LogP contribution is 2.22. The van der Waals surface area contributed by atoms with Gasteiger partial charge in [-0.05, 0) is 29.8 Å². The quantitative estimate of drug-likeness (QED) is 0.545. The van der Waals surface area contributed by atoms with Gasteiger partial charge in [0.1, 0.15) is 0 Å². The van der Waals surface area contributed by atoms with Crippen molar-refractivity contribution in [1.82, 2.24) is 15.0 Å². The molecule has 0 amide bonds. The first-order chi connectivity index (χ1) is 11.2. The average molecular weight is 305 g/mol. The maximum absolute atomic E-state index is 10.7. The zero-order valence-corrected chi connectivity index (χ0v) is 12.0. The summed E-state index contributed by atoms with van der Waals surface area (Å²) < 4.78 is 1.69. The summed E-state index contributed by atoms with van der Waals surface area (Å²) in [6.07, 6.45) is 1.61. The Balaban J connectivity index is 1.90. The van der Waals surface area contributed by atoms with Crippen molar-refractivity contribution in [3.8, 4) is 17.3 Å². The normalized spacial score (nSPS) is 10.2. The number of non-ortho nitro benzene ring substituents is 1. The lowest BCUT2D eigenvalue weighted by Crippen LogP contribution is -2.04. The second kappa shape index (κ2) is 6.07.